The van der Waals surface area contributed by atoms with Crippen molar-refractivity contribution in [3.8, 4) is 17.2 Å². The van der Waals surface area contributed by atoms with E-state index in [0.29, 0.717) is 17.3 Å². The molecule has 0 aliphatic carbocycles. The van der Waals surface area contributed by atoms with E-state index < -0.39 is 23.9 Å². The molecule has 1 N–H and O–H groups in total. The van der Waals surface area contributed by atoms with Crippen molar-refractivity contribution in [2.45, 2.75) is 19.3 Å². The summed E-state index contributed by atoms with van der Waals surface area (Å²) in [5, 5.41) is 11.7. The smallest absolute Gasteiger partial charge is 0.317 e. The van der Waals surface area contributed by atoms with Crippen LogP contribution in [0.1, 0.15) is 30.5 Å². The van der Waals surface area contributed by atoms with E-state index in [0.717, 1.165) is 16.7 Å². The van der Waals surface area contributed by atoms with Crippen LogP contribution < -0.4 is 14.2 Å². The van der Waals surface area contributed by atoms with Crippen LogP contribution in [0.2, 0.25) is 0 Å². The Morgan fingerprint density at radius 2 is 1.28 bits per heavy atom. The van der Waals surface area contributed by atoms with Gasteiger partial charge < -0.3 is 19.6 Å². The molecule has 0 fully saturated rings. The molecule has 1 atom stereocenters. The number of nitrogens with zero attached hydrogens (tertiary/aromatic N) is 3. The Kier molecular flexibility index (Phi) is 8.22. The quantitative estimate of drug-likeness (QED) is 0.0573. The highest BCUT2D eigenvalue weighted by molar-refractivity contribution is 5.83. The van der Waals surface area contributed by atoms with Gasteiger partial charge in [0.1, 0.15) is 23.8 Å². The van der Waals surface area contributed by atoms with Crippen LogP contribution in [-0.4, -0.2) is 24.7 Å². The van der Waals surface area contributed by atoms with Crippen LogP contribution in [0.5, 0.6) is 17.2 Å². The lowest BCUT2D eigenvalue weighted by atomic mass is 9.70. The third kappa shape index (κ3) is 5.97. The summed E-state index contributed by atoms with van der Waals surface area (Å²) in [5.41, 5.74) is 9.59. The summed E-state index contributed by atoms with van der Waals surface area (Å²) in [6.45, 7) is 6.41. The predicted molar refractivity (Wildman–Crippen MR) is 134 cm³/mol. The molecule has 0 spiro atoms. The number of allylic oxidation sites excluding steroid dienone is 1. The summed E-state index contributed by atoms with van der Waals surface area (Å²) < 4.78 is 15.9. The molecular weight excluding hydrogens is 460 g/mol. The monoisotopic (exact) mass is 484 g/mol. The molecule has 3 aromatic carbocycles. The molecule has 3 aromatic rings. The lowest BCUT2D eigenvalue weighted by molar-refractivity contribution is -0.133. The summed E-state index contributed by atoms with van der Waals surface area (Å²) in [4.78, 5) is 25.7. The van der Waals surface area contributed by atoms with Gasteiger partial charge in [-0.2, -0.15) is 0 Å². The van der Waals surface area contributed by atoms with Crippen LogP contribution in [0, 0.1) is 5.41 Å². The fourth-order valence-electron chi connectivity index (χ4n) is 3.73. The zero-order chi connectivity index (χ0) is 26.1. The third-order valence-corrected chi connectivity index (χ3v) is 5.19. The maximum Gasteiger partial charge on any atom is 0.317 e. The average molecular weight is 485 g/mol. The normalized spacial score (nSPS) is 11.8. The van der Waals surface area contributed by atoms with Crippen LogP contribution in [0.25, 0.3) is 10.4 Å². The van der Waals surface area contributed by atoms with E-state index in [1.165, 1.54) is 13.1 Å². The van der Waals surface area contributed by atoms with Crippen LogP contribution >= 0.6 is 0 Å². The van der Waals surface area contributed by atoms with Gasteiger partial charge in [0, 0.05) is 18.1 Å². The minimum absolute atomic E-state index is 0.270. The van der Waals surface area contributed by atoms with Crippen molar-refractivity contribution in [3.63, 3.8) is 0 Å². The average Bonchev–Trinajstić information content (AvgIpc) is 2.85. The number of azide groups is 1. The standard InChI is InChI=1S/C27H24N4O5/c1-18(2)34-23-10-4-20(5-11-23)27(17-28,21-6-12-24(13-7-21)35-19(3)32)22-8-14-25(15-9-22)36-26(33)16-30-31-29/h4-15,17,28H,1,16H2,2-3H3. The Labute approximate surface area is 208 Å². The summed E-state index contributed by atoms with van der Waals surface area (Å²) in [7, 11) is 0. The van der Waals surface area contributed by atoms with E-state index in [1.54, 1.807) is 67.6 Å². The molecular formula is C27H24N4O5. The van der Waals surface area contributed by atoms with Gasteiger partial charge in [-0.3, -0.25) is 9.59 Å². The SMILES string of the molecule is C=C(C)Oc1ccc(C(C=N)(c2ccc(OC(C)=O)cc2)c2ccc(OC(=O)CN=[N+]=[N-])cc2)cc1. The lowest BCUT2D eigenvalue weighted by Crippen LogP contribution is -2.31. The molecule has 0 saturated carbocycles. The molecule has 0 aliphatic rings. The number of hydrogen-bond donors (Lipinski definition) is 1. The van der Waals surface area contributed by atoms with Gasteiger partial charge in [0.15, 0.2) is 0 Å². The molecule has 0 bridgehead atoms. The van der Waals surface area contributed by atoms with E-state index in [2.05, 4.69) is 16.6 Å². The second kappa shape index (κ2) is 11.5. The number of esters is 2. The summed E-state index contributed by atoms with van der Waals surface area (Å²) in [6.07, 6.45) is 1.32. The van der Waals surface area contributed by atoms with E-state index in [-0.39, 0.29) is 5.75 Å². The zero-order valence-electron chi connectivity index (χ0n) is 19.8. The van der Waals surface area contributed by atoms with Crippen molar-refractivity contribution in [2.24, 2.45) is 5.11 Å². The van der Waals surface area contributed by atoms with Crippen molar-refractivity contribution in [3.05, 3.63) is 112 Å². The van der Waals surface area contributed by atoms with E-state index in [4.69, 9.17) is 25.2 Å². The van der Waals surface area contributed by atoms with Gasteiger partial charge in [0.2, 0.25) is 0 Å². The van der Waals surface area contributed by atoms with Gasteiger partial charge in [-0.1, -0.05) is 48.1 Å². The third-order valence-electron chi connectivity index (χ3n) is 5.19. The van der Waals surface area contributed by atoms with E-state index in [9.17, 15) is 9.59 Å². The first kappa shape index (κ1) is 25.7. The maximum atomic E-state index is 11.8. The number of carbonyl (C=O) groups is 2. The summed E-state index contributed by atoms with van der Waals surface area (Å²) in [6, 6.07) is 20.9. The molecule has 0 saturated heterocycles. The highest BCUT2D eigenvalue weighted by Gasteiger charge is 2.34. The molecule has 182 valence electrons. The Bertz CT molecular complexity index is 1250. The Morgan fingerprint density at radius 3 is 1.64 bits per heavy atom. The molecule has 9 heteroatoms. The van der Waals surface area contributed by atoms with Crippen molar-refractivity contribution in [2.75, 3.05) is 6.54 Å². The molecule has 0 heterocycles. The fourth-order valence-corrected chi connectivity index (χ4v) is 3.73. The lowest BCUT2D eigenvalue weighted by Gasteiger charge is -2.32. The van der Waals surface area contributed by atoms with Crippen molar-refractivity contribution in [1.29, 1.82) is 5.41 Å². The Balaban J connectivity index is 2.07. The summed E-state index contributed by atoms with van der Waals surface area (Å²) >= 11 is 0. The molecule has 0 aliphatic heterocycles. The first-order valence-electron chi connectivity index (χ1n) is 10.8. The number of hydrogen-bond acceptors (Lipinski definition) is 7. The Morgan fingerprint density at radius 1 is 0.861 bits per heavy atom. The van der Waals surface area contributed by atoms with Gasteiger partial charge in [0.25, 0.3) is 0 Å². The van der Waals surface area contributed by atoms with Crippen molar-refractivity contribution >= 4 is 18.2 Å². The number of carbonyl (C=O) groups excluding carboxylic acids is 2. The molecule has 36 heavy (non-hydrogen) atoms. The molecule has 3 rings (SSSR count). The van der Waals surface area contributed by atoms with Crippen molar-refractivity contribution < 1.29 is 23.8 Å². The van der Waals surface area contributed by atoms with Crippen molar-refractivity contribution in [1.82, 2.24) is 0 Å². The predicted octanol–water partition coefficient (Wildman–Crippen LogP) is 5.72. The highest BCUT2D eigenvalue weighted by Crippen LogP contribution is 2.39. The minimum Gasteiger partial charge on any atom is -0.463 e. The number of benzene rings is 3. The van der Waals surface area contributed by atoms with Crippen LogP contribution in [0.15, 0.2) is 90.2 Å². The van der Waals surface area contributed by atoms with Gasteiger partial charge in [-0.05, 0) is 65.5 Å². The van der Waals surface area contributed by atoms with E-state index in [1.807, 2.05) is 12.1 Å². The molecule has 9 nitrogen and oxygen atoms in total. The molecule has 0 aromatic heterocycles. The van der Waals surface area contributed by atoms with Crippen LogP contribution in [-0.2, 0) is 15.0 Å². The maximum absolute atomic E-state index is 11.8. The zero-order valence-corrected chi connectivity index (χ0v) is 19.8. The fraction of sp³-hybridized carbons (Fsp3) is 0.148. The summed E-state index contributed by atoms with van der Waals surface area (Å²) in [5.74, 6) is 0.696. The molecule has 0 radical (unpaired) electrons. The Hall–Kier alpha value is -4.88. The number of rotatable bonds is 10. The second-order valence-electron chi connectivity index (χ2n) is 7.79. The van der Waals surface area contributed by atoms with E-state index >= 15 is 0 Å². The molecule has 1 unspecified atom stereocenters. The highest BCUT2D eigenvalue weighted by atomic mass is 16.5. The number of ether oxygens (including phenoxy) is 3. The number of nitrogens with one attached hydrogen (secondary N) is 1. The first-order valence-corrected chi connectivity index (χ1v) is 10.8. The van der Waals surface area contributed by atoms with Crippen LogP contribution in [0.3, 0.4) is 0 Å². The first-order chi connectivity index (χ1) is 17.3. The second-order valence-corrected chi connectivity index (χ2v) is 7.79. The van der Waals surface area contributed by atoms with Gasteiger partial charge >= 0.3 is 11.9 Å². The molecule has 0 amide bonds. The van der Waals surface area contributed by atoms with Crippen LogP contribution in [0.4, 0.5) is 0 Å². The van der Waals surface area contributed by atoms with Gasteiger partial charge in [0.05, 0.1) is 11.2 Å². The van der Waals surface area contributed by atoms with Gasteiger partial charge in [-0.15, -0.1) is 0 Å². The topological polar surface area (TPSA) is 134 Å². The largest absolute Gasteiger partial charge is 0.463 e. The minimum atomic E-state index is -1.02. The van der Waals surface area contributed by atoms with Gasteiger partial charge in [-0.25, -0.2) is 0 Å².